The molecule has 0 bridgehead atoms. The first kappa shape index (κ1) is 19.4. The van der Waals surface area contributed by atoms with E-state index in [1.165, 1.54) is 31.0 Å². The van der Waals surface area contributed by atoms with Crippen LogP contribution >= 0.6 is 11.8 Å². The van der Waals surface area contributed by atoms with Gasteiger partial charge in [0.2, 0.25) is 11.7 Å². The van der Waals surface area contributed by atoms with Gasteiger partial charge in [0.25, 0.3) is 0 Å². The van der Waals surface area contributed by atoms with Gasteiger partial charge in [-0.1, -0.05) is 61.4 Å². The van der Waals surface area contributed by atoms with Crippen molar-refractivity contribution in [2.45, 2.75) is 67.4 Å². The summed E-state index contributed by atoms with van der Waals surface area (Å²) in [6, 6.07) is 14.4. The molecular weight excluding hydrogens is 396 g/mol. The Kier molecular flexibility index (Phi) is 5.62. The average Bonchev–Trinajstić information content (AvgIpc) is 3.27. The predicted molar refractivity (Wildman–Crippen MR) is 116 cm³/mol. The Morgan fingerprint density at radius 3 is 2.53 bits per heavy atom. The van der Waals surface area contributed by atoms with E-state index in [-0.39, 0.29) is 11.2 Å². The van der Waals surface area contributed by atoms with E-state index < -0.39 is 0 Å². The number of thioether (sulfide) groups is 1. The molecule has 7 heteroatoms. The van der Waals surface area contributed by atoms with E-state index in [9.17, 15) is 4.79 Å². The summed E-state index contributed by atoms with van der Waals surface area (Å²) in [7, 11) is 0. The van der Waals surface area contributed by atoms with Crippen LogP contribution in [0, 0.1) is 0 Å². The lowest BCUT2D eigenvalue weighted by Gasteiger charge is -2.26. The van der Waals surface area contributed by atoms with Crippen molar-refractivity contribution < 1.29 is 9.21 Å². The van der Waals surface area contributed by atoms with Gasteiger partial charge >= 0.3 is 0 Å². The minimum Gasteiger partial charge on any atom is -0.461 e. The highest BCUT2D eigenvalue weighted by Gasteiger charge is 2.32. The number of nitrogens with one attached hydrogen (secondary N) is 1. The average molecular weight is 423 g/mol. The maximum atomic E-state index is 13.1. The molecule has 1 amide bonds. The van der Waals surface area contributed by atoms with Gasteiger partial charge in [-0.05, 0) is 43.4 Å². The predicted octanol–water partition coefficient (Wildman–Crippen LogP) is 5.16. The summed E-state index contributed by atoms with van der Waals surface area (Å²) in [4.78, 5) is 13.1. The number of furan rings is 1. The van der Waals surface area contributed by atoms with E-state index in [0.717, 1.165) is 48.0 Å². The minimum absolute atomic E-state index is 0.0476. The van der Waals surface area contributed by atoms with Crippen molar-refractivity contribution in [1.82, 2.24) is 20.1 Å². The zero-order chi connectivity index (χ0) is 20.3. The maximum Gasteiger partial charge on any atom is 0.238 e. The number of rotatable bonds is 7. The molecule has 5 rings (SSSR count). The second-order valence-corrected chi connectivity index (χ2v) is 9.21. The van der Waals surface area contributed by atoms with Gasteiger partial charge in [0, 0.05) is 12.1 Å². The lowest BCUT2D eigenvalue weighted by molar-refractivity contribution is -0.120. The van der Waals surface area contributed by atoms with E-state index >= 15 is 0 Å². The monoisotopic (exact) mass is 422 g/mol. The minimum atomic E-state index is -0.359. The molecule has 2 aromatic heterocycles. The molecule has 2 saturated carbocycles. The standard InChI is InChI=1S/C23H26N4O2S/c28-22(24-17-13-14-17)20(16-8-3-1-4-9-16)30-23-26-25-21(19-12-7-15-29-19)27(23)18-10-5-2-6-11-18/h1,3-4,7-9,12,15,17-18,20H,2,5-6,10-11,13-14H2,(H,24,28)/t20-/m1/s1. The van der Waals surface area contributed by atoms with Gasteiger partial charge in [0.05, 0.1) is 6.26 Å². The van der Waals surface area contributed by atoms with Crippen LogP contribution in [0.1, 0.15) is 61.8 Å². The molecule has 6 nitrogen and oxygen atoms in total. The molecular formula is C23H26N4O2S. The number of hydrogen-bond donors (Lipinski definition) is 1. The van der Waals surface area contributed by atoms with Gasteiger partial charge in [-0.25, -0.2) is 0 Å². The Labute approximate surface area is 180 Å². The van der Waals surface area contributed by atoms with Gasteiger partial charge in [0.15, 0.2) is 10.9 Å². The van der Waals surface area contributed by atoms with Crippen LogP contribution in [0.5, 0.6) is 0 Å². The van der Waals surface area contributed by atoms with Gasteiger partial charge in [0.1, 0.15) is 5.25 Å². The summed E-state index contributed by atoms with van der Waals surface area (Å²) < 4.78 is 7.86. The zero-order valence-corrected chi connectivity index (χ0v) is 17.7. The Balaban J connectivity index is 1.50. The Hall–Kier alpha value is -2.54. The molecule has 2 aliphatic carbocycles. The second-order valence-electron chi connectivity index (χ2n) is 8.14. The smallest absolute Gasteiger partial charge is 0.238 e. The summed E-state index contributed by atoms with van der Waals surface area (Å²) in [6.07, 6.45) is 9.68. The number of benzene rings is 1. The normalized spacial score (nSPS) is 18.3. The fourth-order valence-corrected chi connectivity index (χ4v) is 5.23. The van der Waals surface area contributed by atoms with E-state index in [2.05, 4.69) is 20.1 Å². The van der Waals surface area contributed by atoms with Crippen LogP contribution < -0.4 is 5.32 Å². The van der Waals surface area contributed by atoms with Gasteiger partial charge in [-0.2, -0.15) is 0 Å². The van der Waals surface area contributed by atoms with Gasteiger partial charge in [-0.15, -0.1) is 10.2 Å². The van der Waals surface area contributed by atoms with E-state index in [1.54, 1.807) is 6.26 Å². The Morgan fingerprint density at radius 1 is 1.03 bits per heavy atom. The van der Waals surface area contributed by atoms with Crippen molar-refractivity contribution >= 4 is 17.7 Å². The topological polar surface area (TPSA) is 73.0 Å². The molecule has 2 heterocycles. The van der Waals surface area contributed by atoms with Crippen LogP contribution in [0.4, 0.5) is 0 Å². The first-order valence-corrected chi connectivity index (χ1v) is 11.7. The van der Waals surface area contributed by atoms with Crippen LogP contribution in [0.25, 0.3) is 11.6 Å². The fraction of sp³-hybridized carbons (Fsp3) is 0.435. The van der Waals surface area contributed by atoms with E-state index in [4.69, 9.17) is 4.42 Å². The summed E-state index contributed by atoms with van der Waals surface area (Å²) in [5, 5.41) is 12.6. The third-order valence-electron chi connectivity index (χ3n) is 5.83. The molecule has 3 aromatic rings. The molecule has 156 valence electrons. The van der Waals surface area contributed by atoms with Crippen LogP contribution in [0.15, 0.2) is 58.3 Å². The number of carbonyl (C=O) groups excluding carboxylic acids is 1. The lowest BCUT2D eigenvalue weighted by Crippen LogP contribution is -2.30. The maximum absolute atomic E-state index is 13.1. The number of carbonyl (C=O) groups is 1. The quantitative estimate of drug-likeness (QED) is 0.533. The van der Waals surface area contributed by atoms with Crippen LogP contribution in [0.3, 0.4) is 0 Å². The second kappa shape index (κ2) is 8.68. The fourth-order valence-electron chi connectivity index (χ4n) is 4.11. The molecule has 2 fully saturated rings. The zero-order valence-electron chi connectivity index (χ0n) is 16.9. The Bertz CT molecular complexity index is 976. The van der Waals surface area contributed by atoms with E-state index in [0.29, 0.717) is 12.1 Å². The molecule has 0 radical (unpaired) electrons. The van der Waals surface area contributed by atoms with Gasteiger partial charge in [-0.3, -0.25) is 9.36 Å². The summed E-state index contributed by atoms with van der Waals surface area (Å²) in [6.45, 7) is 0. The number of aromatic nitrogens is 3. The van der Waals surface area contributed by atoms with Crippen molar-refractivity contribution in [2.75, 3.05) is 0 Å². The summed E-state index contributed by atoms with van der Waals surface area (Å²) in [5.74, 6) is 1.52. The first-order chi connectivity index (χ1) is 14.8. The van der Waals surface area contributed by atoms with Crippen LogP contribution in [0.2, 0.25) is 0 Å². The van der Waals surface area contributed by atoms with Crippen molar-refractivity contribution in [2.24, 2.45) is 0 Å². The van der Waals surface area contributed by atoms with Crippen molar-refractivity contribution in [3.8, 4) is 11.6 Å². The highest BCUT2D eigenvalue weighted by atomic mass is 32.2. The van der Waals surface area contributed by atoms with Crippen LogP contribution in [-0.2, 0) is 4.79 Å². The summed E-state index contributed by atoms with van der Waals surface area (Å²) in [5.41, 5.74) is 0.985. The van der Waals surface area contributed by atoms with Gasteiger partial charge < -0.3 is 9.73 Å². The molecule has 2 aliphatic rings. The number of hydrogen-bond acceptors (Lipinski definition) is 5. The molecule has 1 atom stereocenters. The SMILES string of the molecule is O=C(NC1CC1)[C@H](Sc1nnc(-c2ccco2)n1C1CCCCC1)c1ccccc1. The van der Waals surface area contributed by atoms with E-state index in [1.807, 2.05) is 42.5 Å². The highest BCUT2D eigenvalue weighted by molar-refractivity contribution is 8.00. The number of amides is 1. The largest absolute Gasteiger partial charge is 0.461 e. The van der Waals surface area contributed by atoms with Crippen LogP contribution in [-0.4, -0.2) is 26.7 Å². The molecule has 0 unspecified atom stereocenters. The molecule has 1 aromatic carbocycles. The van der Waals surface area contributed by atoms with Crippen molar-refractivity contribution in [3.05, 3.63) is 54.3 Å². The Morgan fingerprint density at radius 2 is 1.83 bits per heavy atom. The molecule has 0 aliphatic heterocycles. The first-order valence-electron chi connectivity index (χ1n) is 10.8. The molecule has 30 heavy (non-hydrogen) atoms. The van der Waals surface area contributed by atoms with Crippen molar-refractivity contribution in [1.29, 1.82) is 0 Å². The molecule has 0 saturated heterocycles. The summed E-state index contributed by atoms with van der Waals surface area (Å²) >= 11 is 1.49. The third kappa shape index (κ3) is 4.17. The molecule has 0 spiro atoms. The number of nitrogens with zero attached hydrogens (tertiary/aromatic N) is 3. The van der Waals surface area contributed by atoms with Crippen molar-refractivity contribution in [3.63, 3.8) is 0 Å². The molecule has 1 N–H and O–H groups in total. The highest BCUT2D eigenvalue weighted by Crippen LogP contribution is 2.41. The lowest BCUT2D eigenvalue weighted by atomic mass is 9.95. The third-order valence-corrected chi connectivity index (χ3v) is 7.04.